The maximum atomic E-state index is 10.9. The van der Waals surface area contributed by atoms with Crippen molar-refractivity contribution in [1.82, 2.24) is 4.98 Å². The van der Waals surface area contributed by atoms with Crippen LogP contribution >= 0.6 is 0 Å². The van der Waals surface area contributed by atoms with E-state index in [1.807, 2.05) is 0 Å². The molecule has 98 valence electrons. The van der Waals surface area contributed by atoms with E-state index >= 15 is 0 Å². The monoisotopic (exact) mass is 249 g/mol. The van der Waals surface area contributed by atoms with Gasteiger partial charge < -0.3 is 16.2 Å². The molecule has 0 aliphatic heterocycles. The fourth-order valence-corrected chi connectivity index (χ4v) is 2.35. The number of hydrogen-bond acceptors (Lipinski definition) is 4. The van der Waals surface area contributed by atoms with Crippen LogP contribution in [0.15, 0.2) is 18.3 Å². The van der Waals surface area contributed by atoms with Crippen LogP contribution in [0.4, 0.5) is 0 Å². The average molecular weight is 249 g/mol. The Bertz CT molecular complexity index is 405. The molecule has 1 amide bonds. The Kier molecular flexibility index (Phi) is 4.15. The Morgan fingerprint density at radius 1 is 1.39 bits per heavy atom. The molecule has 18 heavy (non-hydrogen) atoms. The maximum Gasteiger partial charge on any atom is 0.250 e. The summed E-state index contributed by atoms with van der Waals surface area (Å²) in [5, 5.41) is 0. The van der Waals surface area contributed by atoms with Crippen LogP contribution in [0, 0.1) is 5.92 Å². The first-order valence-corrected chi connectivity index (χ1v) is 6.33. The second-order valence-electron chi connectivity index (χ2n) is 4.69. The van der Waals surface area contributed by atoms with Gasteiger partial charge in [0.15, 0.2) is 0 Å². The third-order valence-electron chi connectivity index (χ3n) is 3.44. The molecule has 1 aliphatic carbocycles. The second-order valence-corrected chi connectivity index (χ2v) is 4.69. The Labute approximate surface area is 107 Å². The van der Waals surface area contributed by atoms with Gasteiger partial charge in [0.2, 0.25) is 11.8 Å². The Hall–Kier alpha value is -1.62. The van der Waals surface area contributed by atoms with E-state index < -0.39 is 5.91 Å². The van der Waals surface area contributed by atoms with Gasteiger partial charge in [-0.15, -0.1) is 0 Å². The highest BCUT2D eigenvalue weighted by molar-refractivity contribution is 5.92. The molecular weight excluding hydrogens is 230 g/mol. The summed E-state index contributed by atoms with van der Waals surface area (Å²) in [4.78, 5) is 15.0. The van der Waals surface area contributed by atoms with Gasteiger partial charge in [0.1, 0.15) is 6.10 Å². The summed E-state index contributed by atoms with van der Waals surface area (Å²) in [5.41, 5.74) is 11.3. The molecule has 1 aromatic heterocycles. The lowest BCUT2D eigenvalue weighted by molar-refractivity contribution is 0.0921. The molecule has 0 aromatic carbocycles. The minimum Gasteiger partial charge on any atom is -0.474 e. The first-order valence-electron chi connectivity index (χ1n) is 6.33. The fraction of sp³-hybridized carbons (Fsp3) is 0.538. The van der Waals surface area contributed by atoms with Crippen molar-refractivity contribution in [3.05, 3.63) is 23.9 Å². The molecule has 5 nitrogen and oxygen atoms in total. The summed E-state index contributed by atoms with van der Waals surface area (Å²) >= 11 is 0. The lowest BCUT2D eigenvalue weighted by atomic mass is 9.86. The van der Waals surface area contributed by atoms with Gasteiger partial charge in [0, 0.05) is 18.2 Å². The fourth-order valence-electron chi connectivity index (χ4n) is 2.35. The maximum absolute atomic E-state index is 10.9. The number of primary amides is 1. The minimum absolute atomic E-state index is 0.135. The van der Waals surface area contributed by atoms with E-state index in [4.69, 9.17) is 16.2 Å². The number of amides is 1. The van der Waals surface area contributed by atoms with Crippen molar-refractivity contribution >= 4 is 5.91 Å². The van der Waals surface area contributed by atoms with Crippen LogP contribution in [0.3, 0.4) is 0 Å². The highest BCUT2D eigenvalue weighted by atomic mass is 16.5. The van der Waals surface area contributed by atoms with Crippen LogP contribution in [-0.2, 0) is 0 Å². The first kappa shape index (κ1) is 12.8. The Morgan fingerprint density at radius 2 is 2.17 bits per heavy atom. The number of nitrogens with two attached hydrogens (primary N) is 2. The minimum atomic E-state index is -0.480. The lowest BCUT2D eigenvalue weighted by Gasteiger charge is -2.30. The Balaban J connectivity index is 2.01. The van der Waals surface area contributed by atoms with Crippen molar-refractivity contribution in [2.24, 2.45) is 17.4 Å². The molecule has 1 aliphatic rings. The molecule has 1 fully saturated rings. The molecule has 0 spiro atoms. The first-order chi connectivity index (χ1) is 8.70. The normalized spacial score (nSPS) is 23.6. The van der Waals surface area contributed by atoms with Crippen molar-refractivity contribution in [2.75, 3.05) is 6.54 Å². The second kappa shape index (κ2) is 5.82. The highest BCUT2D eigenvalue weighted by Crippen LogP contribution is 2.27. The number of rotatable bonds is 4. The summed E-state index contributed by atoms with van der Waals surface area (Å²) in [6.07, 6.45) is 6.09. The van der Waals surface area contributed by atoms with Crippen LogP contribution in [-0.4, -0.2) is 23.5 Å². The van der Waals surface area contributed by atoms with E-state index in [0.717, 1.165) is 12.8 Å². The molecule has 2 rings (SSSR count). The van der Waals surface area contributed by atoms with Crippen molar-refractivity contribution in [3.63, 3.8) is 0 Å². The zero-order chi connectivity index (χ0) is 13.0. The molecule has 0 saturated heterocycles. The van der Waals surface area contributed by atoms with Crippen LogP contribution in [0.5, 0.6) is 5.88 Å². The number of pyridine rings is 1. The Morgan fingerprint density at radius 3 is 2.78 bits per heavy atom. The molecule has 0 bridgehead atoms. The standard InChI is InChI=1S/C13H19N3O2/c14-7-9-3-1-2-4-11(9)18-12-6-5-10(8-16-12)13(15)17/h5-6,8-9,11H,1-4,7,14H2,(H2,15,17). The summed E-state index contributed by atoms with van der Waals surface area (Å²) in [6.45, 7) is 0.643. The molecule has 0 radical (unpaired) electrons. The highest BCUT2D eigenvalue weighted by Gasteiger charge is 2.25. The van der Waals surface area contributed by atoms with Gasteiger partial charge >= 0.3 is 0 Å². The number of ether oxygens (including phenoxy) is 1. The van der Waals surface area contributed by atoms with Crippen LogP contribution < -0.4 is 16.2 Å². The predicted octanol–water partition coefficient (Wildman–Crippen LogP) is 1.08. The van der Waals surface area contributed by atoms with E-state index in [2.05, 4.69) is 4.98 Å². The van der Waals surface area contributed by atoms with Gasteiger partial charge in [0.25, 0.3) is 0 Å². The van der Waals surface area contributed by atoms with Crippen LogP contribution in [0.25, 0.3) is 0 Å². The summed E-state index contributed by atoms with van der Waals surface area (Å²) in [6, 6.07) is 3.31. The third kappa shape index (κ3) is 2.98. The molecule has 1 heterocycles. The van der Waals surface area contributed by atoms with Crippen LogP contribution in [0.1, 0.15) is 36.0 Å². The number of nitrogens with zero attached hydrogens (tertiary/aromatic N) is 1. The van der Waals surface area contributed by atoms with E-state index in [9.17, 15) is 4.79 Å². The van der Waals surface area contributed by atoms with Gasteiger partial charge in [-0.25, -0.2) is 4.98 Å². The van der Waals surface area contributed by atoms with Crippen molar-refractivity contribution in [3.8, 4) is 5.88 Å². The molecule has 1 saturated carbocycles. The molecule has 4 N–H and O–H groups in total. The van der Waals surface area contributed by atoms with Gasteiger partial charge in [-0.2, -0.15) is 0 Å². The van der Waals surface area contributed by atoms with Gasteiger partial charge in [-0.1, -0.05) is 6.42 Å². The molecular formula is C13H19N3O2. The predicted molar refractivity (Wildman–Crippen MR) is 68.2 cm³/mol. The topological polar surface area (TPSA) is 91.2 Å². The quantitative estimate of drug-likeness (QED) is 0.835. The molecule has 2 unspecified atom stereocenters. The number of aromatic nitrogens is 1. The molecule has 5 heteroatoms. The summed E-state index contributed by atoms with van der Waals surface area (Å²) < 4.78 is 5.85. The average Bonchev–Trinajstić information content (AvgIpc) is 2.40. The van der Waals surface area contributed by atoms with Gasteiger partial charge in [0.05, 0.1) is 5.56 Å². The van der Waals surface area contributed by atoms with E-state index in [1.165, 1.54) is 19.0 Å². The van der Waals surface area contributed by atoms with Crippen molar-refractivity contribution in [2.45, 2.75) is 31.8 Å². The number of carbonyl (C=O) groups excluding carboxylic acids is 1. The lowest BCUT2D eigenvalue weighted by Crippen LogP contribution is -2.35. The summed E-state index contributed by atoms with van der Waals surface area (Å²) in [5.74, 6) is 0.452. The van der Waals surface area contributed by atoms with E-state index in [0.29, 0.717) is 23.9 Å². The van der Waals surface area contributed by atoms with Gasteiger partial charge in [-0.05, 0) is 31.9 Å². The largest absolute Gasteiger partial charge is 0.474 e. The number of carbonyl (C=O) groups is 1. The SMILES string of the molecule is NCC1CCCCC1Oc1ccc(C(N)=O)cn1. The third-order valence-corrected chi connectivity index (χ3v) is 3.44. The number of hydrogen-bond donors (Lipinski definition) is 2. The summed E-state index contributed by atoms with van der Waals surface area (Å²) in [7, 11) is 0. The zero-order valence-electron chi connectivity index (χ0n) is 10.3. The van der Waals surface area contributed by atoms with Gasteiger partial charge in [-0.3, -0.25) is 4.79 Å². The van der Waals surface area contributed by atoms with Crippen molar-refractivity contribution in [1.29, 1.82) is 0 Å². The molecule has 2 atom stereocenters. The molecule has 1 aromatic rings. The zero-order valence-corrected chi connectivity index (χ0v) is 10.3. The van der Waals surface area contributed by atoms with E-state index in [-0.39, 0.29) is 6.10 Å². The smallest absolute Gasteiger partial charge is 0.250 e. The van der Waals surface area contributed by atoms with Crippen molar-refractivity contribution < 1.29 is 9.53 Å². The van der Waals surface area contributed by atoms with E-state index in [1.54, 1.807) is 12.1 Å². The van der Waals surface area contributed by atoms with Crippen LogP contribution in [0.2, 0.25) is 0 Å².